The lowest BCUT2D eigenvalue weighted by Gasteiger charge is -2.30. The second kappa shape index (κ2) is 6.81. The molecule has 1 aromatic carbocycles. The van der Waals surface area contributed by atoms with Crippen LogP contribution < -0.4 is 5.32 Å². The minimum Gasteiger partial charge on any atom is -0.325 e. The molecule has 21 heavy (non-hydrogen) atoms. The highest BCUT2D eigenvalue weighted by Gasteiger charge is 2.30. The monoisotopic (exact) mass is 328 g/mol. The van der Waals surface area contributed by atoms with E-state index in [0.717, 1.165) is 23.4 Å². The Morgan fingerprint density at radius 2 is 2.10 bits per heavy atom. The summed E-state index contributed by atoms with van der Waals surface area (Å²) in [5.41, 5.74) is 0.784. The van der Waals surface area contributed by atoms with Gasteiger partial charge in [0, 0.05) is 18.0 Å². The summed E-state index contributed by atoms with van der Waals surface area (Å²) in [4.78, 5) is 13.4. The third kappa shape index (κ3) is 4.21. The summed E-state index contributed by atoms with van der Waals surface area (Å²) in [5.74, 6) is -0.395. The van der Waals surface area contributed by atoms with Crippen LogP contribution in [0.25, 0.3) is 0 Å². The summed E-state index contributed by atoms with van der Waals surface area (Å²) in [5, 5.41) is 2.92. The molecule has 1 heterocycles. The van der Waals surface area contributed by atoms with Crippen LogP contribution >= 0.6 is 11.8 Å². The van der Waals surface area contributed by atoms with Gasteiger partial charge in [0.2, 0.25) is 15.9 Å². The van der Waals surface area contributed by atoms with E-state index >= 15 is 0 Å². The summed E-state index contributed by atoms with van der Waals surface area (Å²) in [6, 6.07) is 7.61. The largest absolute Gasteiger partial charge is 0.325 e. The average Bonchev–Trinajstić information content (AvgIpc) is 2.47. The van der Waals surface area contributed by atoms with E-state index < -0.39 is 10.0 Å². The SMILES string of the molecule is CSc1ccccc1NC(=O)C1CCCN(S(C)(=O)=O)C1. The maximum atomic E-state index is 12.4. The molecule has 0 saturated carbocycles. The van der Waals surface area contributed by atoms with E-state index in [4.69, 9.17) is 0 Å². The summed E-state index contributed by atoms with van der Waals surface area (Å²) >= 11 is 1.57. The number of benzene rings is 1. The van der Waals surface area contributed by atoms with E-state index in [1.807, 2.05) is 30.5 Å². The molecule has 0 aromatic heterocycles. The van der Waals surface area contributed by atoms with Gasteiger partial charge in [-0.2, -0.15) is 0 Å². The van der Waals surface area contributed by atoms with Crippen molar-refractivity contribution in [2.24, 2.45) is 5.92 Å². The van der Waals surface area contributed by atoms with Crippen LogP contribution in [-0.4, -0.2) is 44.2 Å². The Labute approximate surface area is 130 Å². The summed E-state index contributed by atoms with van der Waals surface area (Å²) in [6.45, 7) is 0.774. The van der Waals surface area contributed by atoms with E-state index in [9.17, 15) is 13.2 Å². The van der Waals surface area contributed by atoms with E-state index in [1.54, 1.807) is 11.8 Å². The Balaban J connectivity index is 2.06. The first-order chi connectivity index (χ1) is 9.91. The molecule has 0 bridgehead atoms. The number of hydrogen-bond donors (Lipinski definition) is 1. The van der Waals surface area contributed by atoms with Crippen LogP contribution in [0, 0.1) is 5.92 Å². The zero-order chi connectivity index (χ0) is 15.5. The molecule has 7 heteroatoms. The smallest absolute Gasteiger partial charge is 0.228 e. The second-order valence-electron chi connectivity index (χ2n) is 5.15. The predicted molar refractivity (Wildman–Crippen MR) is 86.0 cm³/mol. The summed E-state index contributed by atoms with van der Waals surface area (Å²) < 4.78 is 24.6. The standard InChI is InChI=1S/C14H20N2O3S2/c1-20-13-8-4-3-7-12(13)15-14(17)11-6-5-9-16(10-11)21(2,18)19/h3-4,7-8,11H,5-6,9-10H2,1-2H3,(H,15,17). The fourth-order valence-electron chi connectivity index (χ4n) is 2.44. The number of nitrogens with zero attached hydrogens (tertiary/aromatic N) is 1. The van der Waals surface area contributed by atoms with Gasteiger partial charge in [0.05, 0.1) is 17.9 Å². The van der Waals surface area contributed by atoms with E-state index in [2.05, 4.69) is 5.32 Å². The first-order valence-electron chi connectivity index (χ1n) is 6.81. The first kappa shape index (κ1) is 16.3. The molecule has 1 amide bonds. The molecule has 0 radical (unpaired) electrons. The molecule has 1 fully saturated rings. The van der Waals surface area contributed by atoms with E-state index in [0.29, 0.717) is 6.54 Å². The van der Waals surface area contributed by atoms with Crippen LogP contribution in [0.5, 0.6) is 0 Å². The number of amides is 1. The lowest BCUT2D eigenvalue weighted by molar-refractivity contribution is -0.120. The van der Waals surface area contributed by atoms with Crippen LogP contribution in [-0.2, 0) is 14.8 Å². The number of anilines is 1. The molecule has 1 aliphatic rings. The number of para-hydroxylation sites is 1. The number of piperidine rings is 1. The molecule has 1 aliphatic heterocycles. The highest BCUT2D eigenvalue weighted by Crippen LogP contribution is 2.26. The zero-order valence-electron chi connectivity index (χ0n) is 12.2. The minimum absolute atomic E-state index is 0.107. The van der Waals surface area contributed by atoms with Crippen LogP contribution in [0.3, 0.4) is 0 Å². The van der Waals surface area contributed by atoms with Crippen molar-refractivity contribution in [1.29, 1.82) is 0 Å². The first-order valence-corrected chi connectivity index (χ1v) is 9.88. The molecule has 1 atom stereocenters. The number of rotatable bonds is 4. The highest BCUT2D eigenvalue weighted by molar-refractivity contribution is 7.98. The van der Waals surface area contributed by atoms with Crippen LogP contribution in [0.2, 0.25) is 0 Å². The summed E-state index contributed by atoms with van der Waals surface area (Å²) in [7, 11) is -3.23. The third-order valence-corrected chi connectivity index (χ3v) is 5.65. The number of carbonyl (C=O) groups excluding carboxylic acids is 1. The number of sulfonamides is 1. The Morgan fingerprint density at radius 1 is 1.38 bits per heavy atom. The van der Waals surface area contributed by atoms with Gasteiger partial charge < -0.3 is 5.32 Å². The summed E-state index contributed by atoms with van der Waals surface area (Å²) in [6.07, 6.45) is 4.59. The topological polar surface area (TPSA) is 66.5 Å². The third-order valence-electron chi connectivity index (χ3n) is 3.59. The van der Waals surface area contributed by atoms with Gasteiger partial charge in [0.1, 0.15) is 0 Å². The van der Waals surface area contributed by atoms with Crippen LogP contribution in [0.1, 0.15) is 12.8 Å². The fourth-order valence-corrected chi connectivity index (χ4v) is 3.91. The van der Waals surface area contributed by atoms with Crippen molar-refractivity contribution in [1.82, 2.24) is 4.31 Å². The van der Waals surface area contributed by atoms with E-state index in [1.165, 1.54) is 10.6 Å². The minimum atomic E-state index is -3.23. The molecule has 0 aliphatic carbocycles. The van der Waals surface area contributed by atoms with Crippen molar-refractivity contribution < 1.29 is 13.2 Å². The van der Waals surface area contributed by atoms with Gasteiger partial charge in [-0.3, -0.25) is 4.79 Å². The molecule has 1 N–H and O–H groups in total. The fraction of sp³-hybridized carbons (Fsp3) is 0.500. The Hall–Kier alpha value is -1.05. The maximum absolute atomic E-state index is 12.4. The molecule has 1 saturated heterocycles. The van der Waals surface area contributed by atoms with Gasteiger partial charge in [-0.05, 0) is 31.2 Å². The second-order valence-corrected chi connectivity index (χ2v) is 7.98. The van der Waals surface area contributed by atoms with Gasteiger partial charge in [-0.25, -0.2) is 12.7 Å². The van der Waals surface area contributed by atoms with Crippen molar-refractivity contribution in [3.05, 3.63) is 24.3 Å². The van der Waals surface area contributed by atoms with Gasteiger partial charge in [-0.1, -0.05) is 12.1 Å². The van der Waals surface area contributed by atoms with Crippen molar-refractivity contribution in [2.45, 2.75) is 17.7 Å². The quantitative estimate of drug-likeness (QED) is 0.859. The molecule has 116 valence electrons. The number of carbonyl (C=O) groups is 1. The zero-order valence-corrected chi connectivity index (χ0v) is 13.8. The highest BCUT2D eigenvalue weighted by atomic mass is 32.2. The van der Waals surface area contributed by atoms with Gasteiger partial charge in [0.15, 0.2) is 0 Å². The van der Waals surface area contributed by atoms with Crippen molar-refractivity contribution >= 4 is 33.4 Å². The van der Waals surface area contributed by atoms with Gasteiger partial charge in [-0.15, -0.1) is 11.8 Å². The van der Waals surface area contributed by atoms with Crippen LogP contribution in [0.15, 0.2) is 29.2 Å². The molecule has 0 spiro atoms. The lowest BCUT2D eigenvalue weighted by atomic mass is 9.99. The Bertz CT molecular complexity index is 616. The predicted octanol–water partition coefficient (Wildman–Crippen LogP) is 2.02. The molecular formula is C14H20N2O3S2. The molecule has 5 nitrogen and oxygen atoms in total. The van der Waals surface area contributed by atoms with Gasteiger partial charge in [0.25, 0.3) is 0 Å². The normalized spacial score (nSPS) is 20.2. The van der Waals surface area contributed by atoms with Crippen molar-refractivity contribution in [2.75, 3.05) is 30.9 Å². The number of hydrogen-bond acceptors (Lipinski definition) is 4. The average molecular weight is 328 g/mol. The van der Waals surface area contributed by atoms with Crippen molar-refractivity contribution in [3.8, 4) is 0 Å². The number of thioether (sulfide) groups is 1. The molecule has 2 rings (SSSR count). The number of nitrogens with one attached hydrogen (secondary N) is 1. The Kier molecular flexibility index (Phi) is 5.29. The maximum Gasteiger partial charge on any atom is 0.228 e. The molecule has 1 aromatic rings. The van der Waals surface area contributed by atoms with E-state index in [-0.39, 0.29) is 18.4 Å². The Morgan fingerprint density at radius 3 is 2.76 bits per heavy atom. The van der Waals surface area contributed by atoms with Crippen molar-refractivity contribution in [3.63, 3.8) is 0 Å². The van der Waals surface area contributed by atoms with Crippen LogP contribution in [0.4, 0.5) is 5.69 Å². The van der Waals surface area contributed by atoms with Gasteiger partial charge >= 0.3 is 0 Å². The lowest BCUT2D eigenvalue weighted by Crippen LogP contribution is -2.43. The molecular weight excluding hydrogens is 308 g/mol. The molecule has 1 unspecified atom stereocenters.